The van der Waals surface area contributed by atoms with Crippen molar-refractivity contribution < 1.29 is 17.9 Å². The van der Waals surface area contributed by atoms with Gasteiger partial charge in [-0.1, -0.05) is 17.7 Å². The van der Waals surface area contributed by atoms with Crippen LogP contribution in [0.25, 0.3) is 0 Å². The third-order valence-electron chi connectivity index (χ3n) is 2.84. The lowest BCUT2D eigenvalue weighted by Gasteiger charge is -2.17. The number of methoxy groups -OCH3 is 1. The van der Waals surface area contributed by atoms with E-state index in [0.29, 0.717) is 11.4 Å². The Kier molecular flexibility index (Phi) is 4.18. The van der Waals surface area contributed by atoms with Gasteiger partial charge in [-0.2, -0.15) is 13.2 Å². The molecule has 0 bridgehead atoms. The van der Waals surface area contributed by atoms with Crippen molar-refractivity contribution >= 4 is 28.7 Å². The third kappa shape index (κ3) is 3.33. The largest absolute Gasteiger partial charge is 0.495 e. The molecule has 3 nitrogen and oxygen atoms in total. The molecule has 0 aliphatic heterocycles. The minimum atomic E-state index is -4.53. The summed E-state index contributed by atoms with van der Waals surface area (Å²) in [6, 6.07) is 8.29. The summed E-state index contributed by atoms with van der Waals surface area (Å²) in [7, 11) is 1.43. The Hall–Kier alpha value is -2.08. The van der Waals surface area contributed by atoms with Gasteiger partial charge in [-0.3, -0.25) is 0 Å². The molecular weight excluding hydrogens is 305 g/mol. The molecule has 2 aromatic carbocycles. The van der Waals surface area contributed by atoms with Crippen LogP contribution in [0.3, 0.4) is 0 Å². The monoisotopic (exact) mass is 316 g/mol. The molecule has 0 heterocycles. The van der Waals surface area contributed by atoms with Crippen LogP contribution >= 0.6 is 11.6 Å². The predicted molar refractivity (Wildman–Crippen MR) is 77.1 cm³/mol. The fourth-order valence-electron chi connectivity index (χ4n) is 1.84. The minimum absolute atomic E-state index is 0.00601. The molecule has 112 valence electrons. The molecule has 0 aromatic heterocycles. The minimum Gasteiger partial charge on any atom is -0.495 e. The van der Waals surface area contributed by atoms with Crippen molar-refractivity contribution in [3.8, 4) is 5.75 Å². The zero-order chi connectivity index (χ0) is 15.6. The number of nitrogens with two attached hydrogens (primary N) is 1. The number of benzene rings is 2. The van der Waals surface area contributed by atoms with Gasteiger partial charge in [0.2, 0.25) is 0 Å². The highest BCUT2D eigenvalue weighted by Gasteiger charge is 2.34. The van der Waals surface area contributed by atoms with Crippen molar-refractivity contribution in [2.75, 3.05) is 18.2 Å². The average Bonchev–Trinajstić information content (AvgIpc) is 2.42. The van der Waals surface area contributed by atoms with Crippen LogP contribution in [0.15, 0.2) is 36.4 Å². The van der Waals surface area contributed by atoms with E-state index in [2.05, 4.69) is 5.32 Å². The molecule has 0 fully saturated rings. The molecule has 0 unspecified atom stereocenters. The zero-order valence-corrected chi connectivity index (χ0v) is 11.7. The molecule has 0 amide bonds. The van der Waals surface area contributed by atoms with E-state index in [-0.39, 0.29) is 16.4 Å². The summed E-state index contributed by atoms with van der Waals surface area (Å²) in [6.07, 6.45) is -4.53. The van der Waals surface area contributed by atoms with E-state index < -0.39 is 11.7 Å². The van der Waals surface area contributed by atoms with E-state index in [1.54, 1.807) is 18.2 Å². The normalized spacial score (nSPS) is 11.3. The number of ether oxygens (including phenoxy) is 1. The number of nitrogens with one attached hydrogen (secondary N) is 1. The van der Waals surface area contributed by atoms with Gasteiger partial charge in [0.05, 0.1) is 29.7 Å². The number of halogens is 4. The lowest BCUT2D eigenvalue weighted by Crippen LogP contribution is -2.09. The van der Waals surface area contributed by atoms with Crippen LogP contribution in [0, 0.1) is 0 Å². The van der Waals surface area contributed by atoms with Gasteiger partial charge in [0.25, 0.3) is 0 Å². The van der Waals surface area contributed by atoms with E-state index in [1.165, 1.54) is 19.2 Å². The molecule has 0 aliphatic carbocycles. The highest BCUT2D eigenvalue weighted by molar-refractivity contribution is 6.30. The Morgan fingerprint density at radius 1 is 1.14 bits per heavy atom. The highest BCUT2D eigenvalue weighted by atomic mass is 35.5. The van der Waals surface area contributed by atoms with Crippen LogP contribution in [-0.4, -0.2) is 7.11 Å². The van der Waals surface area contributed by atoms with E-state index in [0.717, 1.165) is 6.07 Å². The molecule has 0 saturated heterocycles. The summed E-state index contributed by atoms with van der Waals surface area (Å²) >= 11 is 5.63. The number of alkyl halides is 3. The summed E-state index contributed by atoms with van der Waals surface area (Å²) in [5.74, 6) is 0.377. The third-order valence-corrected chi connectivity index (χ3v) is 3.08. The fraction of sp³-hybridized carbons (Fsp3) is 0.143. The molecule has 0 atom stereocenters. The van der Waals surface area contributed by atoms with Crippen LogP contribution < -0.4 is 15.8 Å². The van der Waals surface area contributed by atoms with Crippen molar-refractivity contribution in [1.82, 2.24) is 0 Å². The summed E-state index contributed by atoms with van der Waals surface area (Å²) in [5.41, 5.74) is 5.39. The maximum absolute atomic E-state index is 13.0. The van der Waals surface area contributed by atoms with Crippen LogP contribution in [0.4, 0.5) is 30.2 Å². The number of para-hydroxylation sites is 1. The van der Waals surface area contributed by atoms with E-state index in [9.17, 15) is 13.2 Å². The summed E-state index contributed by atoms with van der Waals surface area (Å²) in [5, 5.41) is 2.67. The first-order chi connectivity index (χ1) is 9.82. The summed E-state index contributed by atoms with van der Waals surface area (Å²) in [6.45, 7) is 0. The van der Waals surface area contributed by atoms with Crippen molar-refractivity contribution in [2.24, 2.45) is 0 Å². The highest BCUT2D eigenvalue weighted by Crippen LogP contribution is 2.39. The molecule has 21 heavy (non-hydrogen) atoms. The first-order valence-electron chi connectivity index (χ1n) is 5.89. The second-order valence-electron chi connectivity index (χ2n) is 4.23. The average molecular weight is 317 g/mol. The number of rotatable bonds is 3. The second-order valence-corrected chi connectivity index (χ2v) is 4.67. The van der Waals surface area contributed by atoms with E-state index in [4.69, 9.17) is 22.1 Å². The van der Waals surface area contributed by atoms with Gasteiger partial charge in [0.1, 0.15) is 5.75 Å². The van der Waals surface area contributed by atoms with Crippen molar-refractivity contribution in [1.29, 1.82) is 0 Å². The SMILES string of the molecule is COc1cccc(Nc2ccc(Cl)cc2C(F)(F)F)c1N. The first kappa shape index (κ1) is 15.3. The van der Waals surface area contributed by atoms with Crippen LogP contribution in [0.5, 0.6) is 5.75 Å². The first-order valence-corrected chi connectivity index (χ1v) is 6.27. The lowest BCUT2D eigenvalue weighted by atomic mass is 10.1. The molecule has 2 rings (SSSR count). The molecule has 3 N–H and O–H groups in total. The Labute approximate surface area is 124 Å². The maximum Gasteiger partial charge on any atom is 0.418 e. The van der Waals surface area contributed by atoms with Gasteiger partial charge < -0.3 is 15.8 Å². The standard InChI is InChI=1S/C14H12ClF3N2O/c1-21-12-4-2-3-11(13(12)19)20-10-6-5-8(15)7-9(10)14(16,17)18/h2-7,20H,19H2,1H3. The molecule has 0 spiro atoms. The zero-order valence-electron chi connectivity index (χ0n) is 11.0. The van der Waals surface area contributed by atoms with Gasteiger partial charge >= 0.3 is 6.18 Å². The maximum atomic E-state index is 13.0. The molecular formula is C14H12ClF3N2O. The second kappa shape index (κ2) is 5.73. The molecule has 0 saturated carbocycles. The van der Waals surface area contributed by atoms with Gasteiger partial charge in [-0.25, -0.2) is 0 Å². The molecule has 0 aliphatic rings. The number of anilines is 3. The molecule has 0 radical (unpaired) electrons. The Bertz CT molecular complexity index is 659. The number of hydrogen-bond donors (Lipinski definition) is 2. The van der Waals surface area contributed by atoms with Crippen LogP contribution in [-0.2, 0) is 6.18 Å². The molecule has 2 aromatic rings. The van der Waals surface area contributed by atoms with Gasteiger partial charge in [-0.05, 0) is 30.3 Å². The van der Waals surface area contributed by atoms with Crippen molar-refractivity contribution in [3.05, 3.63) is 47.0 Å². The van der Waals surface area contributed by atoms with E-state index in [1.807, 2.05) is 0 Å². The number of hydrogen-bond acceptors (Lipinski definition) is 3. The van der Waals surface area contributed by atoms with Gasteiger partial charge in [-0.15, -0.1) is 0 Å². The Morgan fingerprint density at radius 3 is 2.48 bits per heavy atom. The Balaban J connectivity index is 2.45. The quantitative estimate of drug-likeness (QED) is 0.807. The Morgan fingerprint density at radius 2 is 1.86 bits per heavy atom. The summed E-state index contributed by atoms with van der Waals surface area (Å²) < 4.78 is 44.1. The smallest absolute Gasteiger partial charge is 0.418 e. The predicted octanol–water partition coefficient (Wildman–Crippen LogP) is 4.69. The van der Waals surface area contributed by atoms with Gasteiger partial charge in [0.15, 0.2) is 0 Å². The van der Waals surface area contributed by atoms with Crippen molar-refractivity contribution in [3.63, 3.8) is 0 Å². The fourth-order valence-corrected chi connectivity index (χ4v) is 2.01. The molecule has 7 heteroatoms. The van der Waals surface area contributed by atoms with Crippen LogP contribution in [0.2, 0.25) is 5.02 Å². The number of nitrogen functional groups attached to an aromatic ring is 1. The van der Waals surface area contributed by atoms with E-state index >= 15 is 0 Å². The van der Waals surface area contributed by atoms with Crippen molar-refractivity contribution in [2.45, 2.75) is 6.18 Å². The van der Waals surface area contributed by atoms with Crippen LogP contribution in [0.1, 0.15) is 5.56 Å². The lowest BCUT2D eigenvalue weighted by molar-refractivity contribution is -0.136. The topological polar surface area (TPSA) is 47.3 Å². The van der Waals surface area contributed by atoms with Gasteiger partial charge in [0, 0.05) is 5.02 Å². The summed E-state index contributed by atoms with van der Waals surface area (Å²) in [4.78, 5) is 0.